The number of carbonyl (C=O) groups excluding carboxylic acids is 2. The fraction of sp³-hybridized carbons (Fsp3) is 0.238. The molecule has 1 radical (unpaired) electrons. The van der Waals surface area contributed by atoms with Crippen LogP contribution in [-0.4, -0.2) is 55.5 Å². The number of carboxylic acids is 1. The number of fused-ring (bicyclic) bond motifs is 1. The first-order valence-electron chi connectivity index (χ1n) is 10.1. The molecule has 6 N–H and O–H groups in total. The standard InChI is InChI=1S/C21H22N7O6/c1-2-34-15(29)8-7-14(20(32)33)26-18(30)11-3-5-12(6-4-11)23-9-13-10-24-17-16(25-13)19(31)28-21(22)27-17/h3-6,10,14,23H,1-2,7-9H2,(H,26,30)(H,32,33)(H3,22,24,27,28,31)/t14-/m0/s1. The van der Waals surface area contributed by atoms with Crippen LogP contribution in [-0.2, 0) is 20.9 Å². The van der Waals surface area contributed by atoms with E-state index < -0.39 is 29.4 Å². The molecular weight excluding hydrogens is 446 g/mol. The van der Waals surface area contributed by atoms with Crippen LogP contribution in [0.5, 0.6) is 0 Å². The molecule has 3 rings (SSSR count). The average Bonchev–Trinajstić information content (AvgIpc) is 2.80. The maximum atomic E-state index is 12.4. The average molecular weight is 468 g/mol. The highest BCUT2D eigenvalue weighted by Crippen LogP contribution is 2.12. The number of aromatic amines is 1. The molecule has 1 amide bonds. The summed E-state index contributed by atoms with van der Waals surface area (Å²) in [5.41, 5.74) is 6.55. The van der Waals surface area contributed by atoms with Gasteiger partial charge in [0.1, 0.15) is 6.04 Å². The normalized spacial score (nSPS) is 11.6. The molecular formula is C21H22N7O6. The predicted molar refractivity (Wildman–Crippen MR) is 121 cm³/mol. The summed E-state index contributed by atoms with van der Waals surface area (Å²) in [6.07, 6.45) is 1.20. The number of nitrogens with two attached hydrogens (primary N) is 1. The van der Waals surface area contributed by atoms with E-state index in [1.807, 2.05) is 0 Å². The zero-order valence-electron chi connectivity index (χ0n) is 17.9. The molecule has 2 heterocycles. The summed E-state index contributed by atoms with van der Waals surface area (Å²) in [5, 5.41) is 14.8. The fourth-order valence-corrected chi connectivity index (χ4v) is 2.94. The van der Waals surface area contributed by atoms with E-state index in [4.69, 9.17) is 5.73 Å². The van der Waals surface area contributed by atoms with Gasteiger partial charge in [0.05, 0.1) is 25.0 Å². The summed E-state index contributed by atoms with van der Waals surface area (Å²) in [4.78, 5) is 61.7. The molecule has 34 heavy (non-hydrogen) atoms. The molecule has 1 aromatic carbocycles. The maximum Gasteiger partial charge on any atom is 0.326 e. The van der Waals surface area contributed by atoms with Crippen molar-refractivity contribution in [2.24, 2.45) is 0 Å². The van der Waals surface area contributed by atoms with Crippen LogP contribution in [0, 0.1) is 6.92 Å². The number of nitrogens with one attached hydrogen (secondary N) is 3. The van der Waals surface area contributed by atoms with Gasteiger partial charge in [0.15, 0.2) is 11.2 Å². The summed E-state index contributed by atoms with van der Waals surface area (Å²) in [7, 11) is 0. The number of anilines is 2. The maximum absolute atomic E-state index is 12.4. The number of aliphatic carboxylic acids is 1. The number of carbonyl (C=O) groups is 3. The van der Waals surface area contributed by atoms with Crippen LogP contribution < -0.4 is 21.9 Å². The zero-order chi connectivity index (χ0) is 24.7. The van der Waals surface area contributed by atoms with Crippen molar-refractivity contribution >= 4 is 40.6 Å². The van der Waals surface area contributed by atoms with Crippen molar-refractivity contribution in [3.05, 3.63) is 59.0 Å². The fourth-order valence-electron chi connectivity index (χ4n) is 2.94. The van der Waals surface area contributed by atoms with E-state index in [2.05, 4.69) is 42.2 Å². The number of benzene rings is 1. The number of hydrogen-bond acceptors (Lipinski definition) is 10. The monoisotopic (exact) mass is 468 g/mol. The molecule has 0 unspecified atom stereocenters. The Morgan fingerprint density at radius 1 is 1.21 bits per heavy atom. The smallest absolute Gasteiger partial charge is 0.326 e. The Kier molecular flexibility index (Phi) is 7.69. The number of carboxylic acid groups (broad SMARTS) is 1. The first-order chi connectivity index (χ1) is 16.3. The number of ether oxygens (including phenoxy) is 1. The summed E-state index contributed by atoms with van der Waals surface area (Å²) in [5.74, 6) is -2.50. The second-order valence-corrected chi connectivity index (χ2v) is 7.04. The van der Waals surface area contributed by atoms with Gasteiger partial charge < -0.3 is 31.2 Å². The van der Waals surface area contributed by atoms with Gasteiger partial charge in [-0.1, -0.05) is 0 Å². The quantitative estimate of drug-likeness (QED) is 0.255. The van der Waals surface area contributed by atoms with E-state index in [0.717, 1.165) is 0 Å². The Balaban J connectivity index is 1.59. The highest BCUT2D eigenvalue weighted by atomic mass is 16.5. The van der Waals surface area contributed by atoms with Gasteiger partial charge in [-0.25, -0.2) is 14.8 Å². The Bertz CT molecular complexity index is 1260. The molecule has 2 aromatic heterocycles. The summed E-state index contributed by atoms with van der Waals surface area (Å²) < 4.78 is 4.67. The lowest BCUT2D eigenvalue weighted by Crippen LogP contribution is -2.41. The van der Waals surface area contributed by atoms with Crippen LogP contribution in [0.1, 0.15) is 28.9 Å². The van der Waals surface area contributed by atoms with Gasteiger partial charge in [0.2, 0.25) is 5.95 Å². The molecule has 0 aliphatic carbocycles. The first-order valence-corrected chi connectivity index (χ1v) is 10.1. The van der Waals surface area contributed by atoms with Crippen molar-refractivity contribution in [1.29, 1.82) is 0 Å². The van der Waals surface area contributed by atoms with Crippen LogP contribution in [0.4, 0.5) is 11.6 Å². The molecule has 1 atom stereocenters. The molecule has 13 nitrogen and oxygen atoms in total. The van der Waals surface area contributed by atoms with Crippen molar-refractivity contribution in [2.45, 2.75) is 25.4 Å². The number of amides is 1. The van der Waals surface area contributed by atoms with Gasteiger partial charge in [-0.3, -0.25) is 14.4 Å². The molecule has 3 aromatic rings. The first kappa shape index (κ1) is 24.1. The predicted octanol–water partition coefficient (Wildman–Crippen LogP) is 0.248. The Morgan fingerprint density at radius 2 is 1.94 bits per heavy atom. The molecule has 0 aliphatic heterocycles. The van der Waals surface area contributed by atoms with Crippen molar-refractivity contribution in [2.75, 3.05) is 17.7 Å². The summed E-state index contributed by atoms with van der Waals surface area (Å²) >= 11 is 0. The SMILES string of the molecule is [CH2]COC(=O)CC[C@H](NC(=O)c1ccc(NCc2cnc3[nH]c(N)nc(=O)c3n2)cc1)C(=O)O. The van der Waals surface area contributed by atoms with Gasteiger partial charge in [-0.15, -0.1) is 0 Å². The highest BCUT2D eigenvalue weighted by Gasteiger charge is 2.22. The third-order valence-corrected chi connectivity index (χ3v) is 4.62. The topological polar surface area (TPSA) is 202 Å². The lowest BCUT2D eigenvalue weighted by Gasteiger charge is -2.14. The van der Waals surface area contributed by atoms with Crippen LogP contribution >= 0.6 is 0 Å². The lowest BCUT2D eigenvalue weighted by atomic mass is 10.1. The van der Waals surface area contributed by atoms with E-state index >= 15 is 0 Å². The number of esters is 1. The van der Waals surface area contributed by atoms with Crippen molar-refractivity contribution in [1.82, 2.24) is 25.3 Å². The number of aromatic nitrogens is 4. The van der Waals surface area contributed by atoms with Crippen molar-refractivity contribution in [3.63, 3.8) is 0 Å². The van der Waals surface area contributed by atoms with E-state index in [0.29, 0.717) is 11.4 Å². The number of hydrogen-bond donors (Lipinski definition) is 5. The minimum Gasteiger partial charge on any atom is -0.480 e. The number of H-pyrrole nitrogens is 1. The van der Waals surface area contributed by atoms with Crippen molar-refractivity contribution in [3.8, 4) is 0 Å². The van der Waals surface area contributed by atoms with Crippen LogP contribution in [0.15, 0.2) is 35.3 Å². The van der Waals surface area contributed by atoms with E-state index in [-0.39, 0.29) is 48.7 Å². The second-order valence-electron chi connectivity index (χ2n) is 7.04. The van der Waals surface area contributed by atoms with E-state index in [1.54, 1.807) is 12.1 Å². The third kappa shape index (κ3) is 6.25. The number of nitrogens with zero attached hydrogens (tertiary/aromatic N) is 3. The molecule has 0 saturated carbocycles. The van der Waals surface area contributed by atoms with Gasteiger partial charge in [0.25, 0.3) is 5.91 Å². The summed E-state index contributed by atoms with van der Waals surface area (Å²) in [6.45, 7) is 3.56. The molecule has 13 heteroatoms. The largest absolute Gasteiger partial charge is 0.480 e. The Hall–Kier alpha value is -4.55. The van der Waals surface area contributed by atoms with Crippen LogP contribution in [0.25, 0.3) is 11.2 Å². The number of rotatable bonds is 10. The van der Waals surface area contributed by atoms with Crippen molar-refractivity contribution < 1.29 is 24.2 Å². The van der Waals surface area contributed by atoms with E-state index in [9.17, 15) is 24.3 Å². The van der Waals surface area contributed by atoms with Gasteiger partial charge in [0, 0.05) is 17.7 Å². The lowest BCUT2D eigenvalue weighted by molar-refractivity contribution is -0.143. The molecule has 177 valence electrons. The second kappa shape index (κ2) is 10.8. The van der Waals surface area contributed by atoms with Crippen LogP contribution in [0.2, 0.25) is 0 Å². The third-order valence-electron chi connectivity index (χ3n) is 4.62. The zero-order valence-corrected chi connectivity index (χ0v) is 17.9. The number of nitrogen functional groups attached to an aromatic ring is 1. The minimum atomic E-state index is -1.26. The van der Waals surface area contributed by atoms with Gasteiger partial charge >= 0.3 is 17.5 Å². The molecule has 0 aliphatic rings. The van der Waals surface area contributed by atoms with Gasteiger partial charge in [-0.05, 0) is 37.6 Å². The Labute approximate surface area is 192 Å². The molecule has 0 spiro atoms. The van der Waals surface area contributed by atoms with Gasteiger partial charge in [-0.2, -0.15) is 4.98 Å². The molecule has 0 bridgehead atoms. The molecule has 0 saturated heterocycles. The highest BCUT2D eigenvalue weighted by molar-refractivity contribution is 5.97. The minimum absolute atomic E-state index is 0.0481. The van der Waals surface area contributed by atoms with E-state index in [1.165, 1.54) is 18.3 Å². The summed E-state index contributed by atoms with van der Waals surface area (Å²) in [6, 6.07) is 5.02. The van der Waals surface area contributed by atoms with Crippen LogP contribution in [0.3, 0.4) is 0 Å². The Morgan fingerprint density at radius 3 is 2.62 bits per heavy atom. The molecule has 0 fully saturated rings.